The maximum absolute atomic E-state index is 16.4. The van der Waals surface area contributed by atoms with Gasteiger partial charge in [0.15, 0.2) is 22.5 Å². The van der Waals surface area contributed by atoms with Crippen LogP contribution >= 0.6 is 0 Å². The number of nitrogens with one attached hydrogen (secondary N) is 1. The molecule has 304 valence electrons. The lowest BCUT2D eigenvalue weighted by molar-refractivity contribution is 0.147. The number of nitrogens with zero attached hydrogens (tertiary/aromatic N) is 4. The standard InChI is InChI=1S/C41H64FN5O5SSi2/c1-39(2,3)53(48)46-38(32(42)21-22-51-54(11,12)40(4,5)6)34-19-16-18-33(45-34)29-25-35-31(36(26-29)50-24-23-49-10)27-43-47(35)37-20-15-17-30(44-37)28-52-55(13,14)41(7,8)9/h15-20,25-27,32,38,46H,21-24,28H2,1-14H3/t32?,38-,53+/m0/s1. The van der Waals surface area contributed by atoms with Crippen molar-refractivity contribution >= 4 is 38.9 Å². The number of aromatic nitrogens is 4. The van der Waals surface area contributed by atoms with E-state index in [4.69, 9.17) is 33.4 Å². The Labute approximate surface area is 333 Å². The van der Waals surface area contributed by atoms with Crippen molar-refractivity contribution < 1.29 is 27.3 Å². The number of benzene rings is 1. The third-order valence-electron chi connectivity index (χ3n) is 10.8. The van der Waals surface area contributed by atoms with Crippen molar-refractivity contribution in [3.63, 3.8) is 0 Å². The molecule has 0 bridgehead atoms. The molecule has 0 aliphatic heterocycles. The van der Waals surface area contributed by atoms with Gasteiger partial charge in [-0.1, -0.05) is 53.7 Å². The molecule has 14 heteroatoms. The van der Waals surface area contributed by atoms with Crippen LogP contribution in [0.5, 0.6) is 5.75 Å². The zero-order chi connectivity index (χ0) is 41.0. The molecule has 55 heavy (non-hydrogen) atoms. The van der Waals surface area contributed by atoms with E-state index in [1.807, 2.05) is 63.2 Å². The molecule has 3 atom stereocenters. The summed E-state index contributed by atoms with van der Waals surface area (Å²) in [5.74, 6) is 1.25. The molecule has 4 rings (SSSR count). The molecule has 4 aromatic rings. The van der Waals surface area contributed by atoms with Crippen LogP contribution in [0.3, 0.4) is 0 Å². The molecule has 0 aliphatic rings. The lowest BCUT2D eigenvalue weighted by Crippen LogP contribution is -2.45. The SMILES string of the molecule is COCCOc1cc(-c2cccc([C@@H](N[S@+]([O-])C(C)(C)C)C(F)CCO[Si](C)(C)C(C)(C)C)n2)cc2c1cnn2-c1cccc(CO[Si](C)(C)C(C)(C)C)n1. The molecule has 0 spiro atoms. The maximum atomic E-state index is 16.4. The van der Waals surface area contributed by atoms with Gasteiger partial charge in [0.05, 0.1) is 47.4 Å². The van der Waals surface area contributed by atoms with Crippen LogP contribution in [0.4, 0.5) is 4.39 Å². The number of alkyl halides is 1. The summed E-state index contributed by atoms with van der Waals surface area (Å²) in [5.41, 5.74) is 3.37. The fraction of sp³-hybridized carbons (Fsp3) is 0.585. The zero-order valence-electron chi connectivity index (χ0n) is 35.5. The topological polar surface area (TPSA) is 116 Å². The van der Waals surface area contributed by atoms with Gasteiger partial charge in [0.2, 0.25) is 0 Å². The van der Waals surface area contributed by atoms with Gasteiger partial charge in [-0.25, -0.2) is 14.1 Å². The third kappa shape index (κ3) is 11.5. The lowest BCUT2D eigenvalue weighted by atomic mass is 10.0. The summed E-state index contributed by atoms with van der Waals surface area (Å²) < 4.78 is 58.4. The molecule has 0 saturated heterocycles. The number of rotatable bonds is 17. The molecule has 1 unspecified atom stereocenters. The van der Waals surface area contributed by atoms with E-state index in [1.165, 1.54) is 0 Å². The number of fused-ring (bicyclic) bond motifs is 1. The summed E-state index contributed by atoms with van der Waals surface area (Å²) >= 11 is -1.55. The Hall–Kier alpha value is -2.70. The van der Waals surface area contributed by atoms with Crippen molar-refractivity contribution in [3.05, 3.63) is 66.1 Å². The quantitative estimate of drug-likeness (QED) is 0.0632. The van der Waals surface area contributed by atoms with Gasteiger partial charge in [-0.3, -0.25) is 4.98 Å². The molecule has 0 fully saturated rings. The first-order valence-electron chi connectivity index (χ1n) is 19.1. The molecule has 1 aromatic carbocycles. The van der Waals surface area contributed by atoms with E-state index in [2.05, 4.69) is 72.5 Å². The molecular weight excluding hydrogens is 750 g/mol. The Morgan fingerprint density at radius 1 is 0.855 bits per heavy atom. The van der Waals surface area contributed by atoms with Crippen LogP contribution in [0.15, 0.2) is 54.7 Å². The Bertz CT molecular complexity index is 1870. The van der Waals surface area contributed by atoms with E-state index in [1.54, 1.807) is 24.1 Å². The summed E-state index contributed by atoms with van der Waals surface area (Å²) in [4.78, 5) is 9.95. The number of halogens is 1. The van der Waals surface area contributed by atoms with Gasteiger partial charge in [-0.2, -0.15) is 5.10 Å². The van der Waals surface area contributed by atoms with E-state index in [-0.39, 0.29) is 23.1 Å². The maximum Gasteiger partial charge on any atom is 0.192 e. The smallest absolute Gasteiger partial charge is 0.192 e. The second-order valence-electron chi connectivity index (χ2n) is 18.2. The van der Waals surface area contributed by atoms with E-state index in [0.717, 1.165) is 22.2 Å². The summed E-state index contributed by atoms with van der Waals surface area (Å²) in [6.45, 7) is 28.9. The van der Waals surface area contributed by atoms with Crippen molar-refractivity contribution in [2.75, 3.05) is 26.9 Å². The highest BCUT2D eigenvalue weighted by atomic mass is 32.2. The van der Waals surface area contributed by atoms with Crippen LogP contribution in [0.1, 0.15) is 86.2 Å². The average Bonchev–Trinajstić information content (AvgIpc) is 3.53. The summed E-state index contributed by atoms with van der Waals surface area (Å²) in [6.07, 6.45) is 0.495. The van der Waals surface area contributed by atoms with Gasteiger partial charge in [0.1, 0.15) is 29.3 Å². The molecule has 1 N–H and O–H groups in total. The van der Waals surface area contributed by atoms with Gasteiger partial charge in [-0.05, 0) is 93.4 Å². The van der Waals surface area contributed by atoms with Crippen molar-refractivity contribution in [2.45, 2.75) is 129 Å². The minimum absolute atomic E-state index is 0.000647. The zero-order valence-corrected chi connectivity index (χ0v) is 38.3. The molecule has 3 aromatic heterocycles. The van der Waals surface area contributed by atoms with Crippen molar-refractivity contribution in [1.82, 2.24) is 24.5 Å². The highest BCUT2D eigenvalue weighted by Crippen LogP contribution is 2.39. The van der Waals surface area contributed by atoms with Gasteiger partial charge in [-0.15, -0.1) is 4.72 Å². The first kappa shape index (κ1) is 45.0. The van der Waals surface area contributed by atoms with Crippen LogP contribution in [-0.4, -0.2) is 78.8 Å². The number of hydrogen-bond donors (Lipinski definition) is 1. The van der Waals surface area contributed by atoms with Gasteiger partial charge in [0.25, 0.3) is 0 Å². The Morgan fingerprint density at radius 2 is 1.51 bits per heavy atom. The number of hydrogen-bond acceptors (Lipinski definition) is 9. The Morgan fingerprint density at radius 3 is 2.15 bits per heavy atom. The Kier molecular flexibility index (Phi) is 14.6. The largest absolute Gasteiger partial charge is 0.598 e. The first-order chi connectivity index (χ1) is 25.4. The van der Waals surface area contributed by atoms with E-state index >= 15 is 4.39 Å². The average molecular weight is 814 g/mol. The van der Waals surface area contributed by atoms with Crippen molar-refractivity contribution in [3.8, 4) is 22.8 Å². The highest BCUT2D eigenvalue weighted by Gasteiger charge is 2.39. The third-order valence-corrected chi connectivity index (χ3v) is 21.4. The minimum atomic E-state index is -2.09. The normalized spacial score (nSPS) is 15.0. The van der Waals surface area contributed by atoms with Gasteiger partial charge < -0.3 is 22.9 Å². The molecule has 10 nitrogen and oxygen atoms in total. The Balaban J connectivity index is 1.74. The molecule has 0 amide bonds. The van der Waals surface area contributed by atoms with Crippen LogP contribution < -0.4 is 9.46 Å². The molecular formula is C41H64FN5O5SSi2. The van der Waals surface area contributed by atoms with Crippen molar-refractivity contribution in [1.29, 1.82) is 0 Å². The van der Waals surface area contributed by atoms with Crippen LogP contribution in [0.25, 0.3) is 28.0 Å². The lowest BCUT2D eigenvalue weighted by Gasteiger charge is -2.36. The highest BCUT2D eigenvalue weighted by molar-refractivity contribution is 7.90. The van der Waals surface area contributed by atoms with Crippen LogP contribution in [0, 0.1) is 0 Å². The van der Waals surface area contributed by atoms with E-state index in [0.29, 0.717) is 42.8 Å². The minimum Gasteiger partial charge on any atom is -0.598 e. The predicted molar refractivity (Wildman–Crippen MR) is 228 cm³/mol. The molecule has 3 heterocycles. The second kappa shape index (κ2) is 17.8. The van der Waals surface area contributed by atoms with Gasteiger partial charge in [0, 0.05) is 37.1 Å². The molecule has 0 aliphatic carbocycles. The van der Waals surface area contributed by atoms with Crippen LogP contribution in [0.2, 0.25) is 36.3 Å². The second-order valence-corrected chi connectivity index (χ2v) is 29.8. The van der Waals surface area contributed by atoms with Crippen molar-refractivity contribution in [2.24, 2.45) is 0 Å². The summed E-state index contributed by atoms with van der Waals surface area (Å²) in [5, 5.41) is 5.63. The monoisotopic (exact) mass is 813 g/mol. The molecule has 0 radical (unpaired) electrons. The number of methoxy groups -OCH3 is 1. The van der Waals surface area contributed by atoms with E-state index in [9.17, 15) is 4.55 Å². The molecule has 0 saturated carbocycles. The number of pyridine rings is 2. The van der Waals surface area contributed by atoms with Gasteiger partial charge >= 0.3 is 0 Å². The summed E-state index contributed by atoms with van der Waals surface area (Å²) in [7, 11) is -2.44. The summed E-state index contributed by atoms with van der Waals surface area (Å²) in [6, 6.07) is 14.3. The fourth-order valence-corrected chi connectivity index (χ4v) is 7.98. The number of ether oxygens (including phenoxy) is 2. The predicted octanol–water partition coefficient (Wildman–Crippen LogP) is 9.87. The fourth-order valence-electron chi connectivity index (χ4n) is 5.12. The van der Waals surface area contributed by atoms with Crippen LogP contribution in [-0.2, 0) is 31.6 Å². The first-order valence-corrected chi connectivity index (χ1v) is 26.1. The van der Waals surface area contributed by atoms with E-state index < -0.39 is 45.0 Å².